The summed E-state index contributed by atoms with van der Waals surface area (Å²) in [5.74, 6) is 0. The Bertz CT molecular complexity index is 252. The Morgan fingerprint density at radius 2 is 2.20 bits per heavy atom. The lowest BCUT2D eigenvalue weighted by Crippen LogP contribution is -1.89. The van der Waals surface area contributed by atoms with Crippen LogP contribution in [0.2, 0.25) is 0 Å². The Morgan fingerprint density at radius 3 is 2.60 bits per heavy atom. The third-order valence-electron chi connectivity index (χ3n) is 1.63. The molecule has 0 aliphatic heterocycles. The van der Waals surface area contributed by atoms with Crippen LogP contribution >= 0.6 is 31.9 Å². The van der Waals surface area contributed by atoms with E-state index >= 15 is 0 Å². The van der Waals surface area contributed by atoms with Gasteiger partial charge in [-0.2, -0.15) is 0 Å². The summed E-state index contributed by atoms with van der Waals surface area (Å²) in [6, 6.07) is 0.702. The Balaban J connectivity index is 2.40. The van der Waals surface area contributed by atoms with Crippen LogP contribution < -0.4 is 0 Å². The lowest BCUT2D eigenvalue weighted by atomic mass is 10.7. The second kappa shape index (κ2) is 2.34. The Morgan fingerprint density at radius 1 is 1.50 bits per heavy atom. The molecule has 0 amide bonds. The molecule has 54 valence electrons. The maximum absolute atomic E-state index is 4.11. The summed E-state index contributed by atoms with van der Waals surface area (Å²) in [7, 11) is 0. The van der Waals surface area contributed by atoms with Gasteiger partial charge in [-0.1, -0.05) is 0 Å². The van der Waals surface area contributed by atoms with Crippen LogP contribution in [-0.2, 0) is 0 Å². The minimum atomic E-state index is 0.702. The van der Waals surface area contributed by atoms with Gasteiger partial charge in [-0.15, -0.1) is 0 Å². The minimum Gasteiger partial charge on any atom is -0.321 e. The number of imidazole rings is 1. The van der Waals surface area contributed by atoms with Gasteiger partial charge in [0.2, 0.25) is 0 Å². The first kappa shape index (κ1) is 6.85. The van der Waals surface area contributed by atoms with E-state index in [1.54, 1.807) is 0 Å². The third-order valence-corrected chi connectivity index (χ3v) is 3.53. The molecule has 4 heteroatoms. The van der Waals surface area contributed by atoms with Gasteiger partial charge in [0.25, 0.3) is 0 Å². The van der Waals surface area contributed by atoms with Crippen LogP contribution in [-0.4, -0.2) is 9.55 Å². The Labute approximate surface area is 75.9 Å². The first-order valence-electron chi connectivity index (χ1n) is 3.17. The topological polar surface area (TPSA) is 17.8 Å². The van der Waals surface area contributed by atoms with Crippen molar-refractivity contribution in [2.24, 2.45) is 0 Å². The Kier molecular flexibility index (Phi) is 1.60. The van der Waals surface area contributed by atoms with Crippen molar-refractivity contribution in [1.82, 2.24) is 9.55 Å². The van der Waals surface area contributed by atoms with Crippen molar-refractivity contribution >= 4 is 31.9 Å². The molecule has 0 bridgehead atoms. The minimum absolute atomic E-state index is 0.702. The maximum Gasteiger partial charge on any atom is 0.138 e. The van der Waals surface area contributed by atoms with Gasteiger partial charge in [0.1, 0.15) is 9.21 Å². The average molecular weight is 266 g/mol. The molecule has 2 nitrogen and oxygen atoms in total. The molecule has 0 atom stereocenters. The second-order valence-corrected chi connectivity index (χ2v) is 3.97. The SMILES string of the molecule is Brc1ncn(C2CC2)c1Br. The quantitative estimate of drug-likeness (QED) is 0.764. The molecule has 0 aromatic carbocycles. The highest BCUT2D eigenvalue weighted by atomic mass is 79.9. The van der Waals surface area contributed by atoms with E-state index in [0.29, 0.717) is 6.04 Å². The lowest BCUT2D eigenvalue weighted by molar-refractivity contribution is 0.724. The standard InChI is InChI=1S/C6H6Br2N2/c7-5-6(8)10(3-9-5)4-1-2-4/h3-4H,1-2H2. The summed E-state index contributed by atoms with van der Waals surface area (Å²) in [6.07, 6.45) is 4.45. The number of hydrogen-bond acceptors (Lipinski definition) is 1. The molecule has 2 rings (SSSR count). The fraction of sp³-hybridized carbons (Fsp3) is 0.500. The summed E-state index contributed by atoms with van der Waals surface area (Å²) in [4.78, 5) is 4.11. The van der Waals surface area contributed by atoms with Crippen LogP contribution in [0.15, 0.2) is 15.5 Å². The molecule has 1 saturated carbocycles. The highest BCUT2D eigenvalue weighted by Crippen LogP contribution is 2.38. The fourth-order valence-corrected chi connectivity index (χ4v) is 1.71. The fourth-order valence-electron chi connectivity index (χ4n) is 0.931. The summed E-state index contributed by atoms with van der Waals surface area (Å²) in [5.41, 5.74) is 0. The predicted octanol–water partition coefficient (Wildman–Crippen LogP) is 2.74. The number of rotatable bonds is 1. The van der Waals surface area contributed by atoms with Crippen molar-refractivity contribution < 1.29 is 0 Å². The smallest absolute Gasteiger partial charge is 0.138 e. The van der Waals surface area contributed by atoms with Gasteiger partial charge in [-0.3, -0.25) is 0 Å². The lowest BCUT2D eigenvalue weighted by Gasteiger charge is -1.97. The maximum atomic E-state index is 4.11. The van der Waals surface area contributed by atoms with Crippen molar-refractivity contribution in [3.05, 3.63) is 15.5 Å². The van der Waals surface area contributed by atoms with Gasteiger partial charge >= 0.3 is 0 Å². The molecule has 0 unspecified atom stereocenters. The van der Waals surface area contributed by atoms with Gasteiger partial charge in [-0.25, -0.2) is 4.98 Å². The van der Waals surface area contributed by atoms with Crippen LogP contribution in [0.25, 0.3) is 0 Å². The van der Waals surface area contributed by atoms with E-state index in [1.807, 2.05) is 6.33 Å². The molecule has 1 aliphatic rings. The molecule has 0 radical (unpaired) electrons. The van der Waals surface area contributed by atoms with E-state index in [4.69, 9.17) is 0 Å². The molecule has 1 aromatic rings. The predicted molar refractivity (Wildman–Crippen MR) is 45.9 cm³/mol. The zero-order valence-electron chi connectivity index (χ0n) is 5.22. The first-order chi connectivity index (χ1) is 4.79. The molecule has 1 heterocycles. The van der Waals surface area contributed by atoms with Crippen molar-refractivity contribution in [3.63, 3.8) is 0 Å². The molecule has 1 aromatic heterocycles. The summed E-state index contributed by atoms with van der Waals surface area (Å²) in [5, 5.41) is 0. The summed E-state index contributed by atoms with van der Waals surface area (Å²) in [6.45, 7) is 0. The van der Waals surface area contributed by atoms with Gasteiger partial charge in [0.05, 0.1) is 6.33 Å². The summed E-state index contributed by atoms with van der Waals surface area (Å²) >= 11 is 6.78. The average Bonchev–Trinajstić information content (AvgIpc) is 2.67. The van der Waals surface area contributed by atoms with Gasteiger partial charge in [0.15, 0.2) is 0 Å². The number of halogens is 2. The highest BCUT2D eigenvalue weighted by Gasteiger charge is 2.25. The van der Waals surface area contributed by atoms with Crippen molar-refractivity contribution in [2.45, 2.75) is 18.9 Å². The van der Waals surface area contributed by atoms with Crippen molar-refractivity contribution in [1.29, 1.82) is 0 Å². The molecule has 0 spiro atoms. The van der Waals surface area contributed by atoms with Crippen LogP contribution in [0.3, 0.4) is 0 Å². The monoisotopic (exact) mass is 264 g/mol. The van der Waals surface area contributed by atoms with E-state index in [9.17, 15) is 0 Å². The van der Waals surface area contributed by atoms with Crippen molar-refractivity contribution in [2.75, 3.05) is 0 Å². The van der Waals surface area contributed by atoms with Crippen molar-refractivity contribution in [3.8, 4) is 0 Å². The zero-order chi connectivity index (χ0) is 7.14. The van der Waals surface area contributed by atoms with Crippen LogP contribution in [0.1, 0.15) is 18.9 Å². The van der Waals surface area contributed by atoms with Gasteiger partial charge < -0.3 is 4.57 Å². The van der Waals surface area contributed by atoms with E-state index in [-0.39, 0.29) is 0 Å². The summed E-state index contributed by atoms with van der Waals surface area (Å²) < 4.78 is 4.12. The molecule has 10 heavy (non-hydrogen) atoms. The van der Waals surface area contributed by atoms with Crippen LogP contribution in [0.5, 0.6) is 0 Å². The van der Waals surface area contributed by atoms with E-state index in [0.717, 1.165) is 9.21 Å². The molecule has 0 saturated heterocycles. The second-order valence-electron chi connectivity index (χ2n) is 2.46. The molecule has 0 N–H and O–H groups in total. The number of hydrogen-bond donors (Lipinski definition) is 0. The van der Waals surface area contributed by atoms with E-state index < -0.39 is 0 Å². The van der Waals surface area contributed by atoms with E-state index in [2.05, 4.69) is 41.4 Å². The molecule has 1 fully saturated rings. The molecular formula is C6H6Br2N2. The first-order valence-corrected chi connectivity index (χ1v) is 4.75. The Hall–Kier alpha value is 0.170. The number of aromatic nitrogens is 2. The molecular weight excluding hydrogens is 260 g/mol. The largest absolute Gasteiger partial charge is 0.321 e. The van der Waals surface area contributed by atoms with Crippen LogP contribution in [0, 0.1) is 0 Å². The zero-order valence-corrected chi connectivity index (χ0v) is 8.39. The van der Waals surface area contributed by atoms with Gasteiger partial charge in [0, 0.05) is 6.04 Å². The van der Waals surface area contributed by atoms with E-state index in [1.165, 1.54) is 12.8 Å². The normalized spacial score (nSPS) is 17.8. The molecule has 1 aliphatic carbocycles. The highest BCUT2D eigenvalue weighted by molar-refractivity contribution is 9.13. The van der Waals surface area contributed by atoms with Crippen LogP contribution in [0.4, 0.5) is 0 Å². The third kappa shape index (κ3) is 1.03. The number of nitrogens with zero attached hydrogens (tertiary/aromatic N) is 2. The van der Waals surface area contributed by atoms with Gasteiger partial charge in [-0.05, 0) is 44.7 Å².